The van der Waals surface area contributed by atoms with E-state index in [1.54, 1.807) is 0 Å². The van der Waals surface area contributed by atoms with E-state index in [0.29, 0.717) is 0 Å². The average Bonchev–Trinajstić information content (AvgIpc) is 2.09. The van der Waals surface area contributed by atoms with Crippen LogP contribution in [0, 0.1) is 5.41 Å². The molecule has 0 aliphatic heterocycles. The Balaban J connectivity index is 4.33. The Morgan fingerprint density at radius 2 is 1.21 bits per heavy atom. The molecular weight excluding hydrogens is 172 g/mol. The Bertz CT molecular complexity index is 136. The fraction of sp³-hybridized carbons (Fsp3) is 1.00. The van der Waals surface area contributed by atoms with Crippen LogP contribution >= 0.6 is 0 Å². The van der Waals surface area contributed by atoms with Gasteiger partial charge in [-0.25, -0.2) is 0 Å². The normalized spacial score (nSPS) is 13.3. The van der Waals surface area contributed by atoms with Crippen molar-refractivity contribution in [3.63, 3.8) is 0 Å². The zero-order valence-electron chi connectivity index (χ0n) is 10.7. The molecule has 0 saturated heterocycles. The van der Waals surface area contributed by atoms with Crippen molar-refractivity contribution in [2.75, 3.05) is 0 Å². The molecule has 14 heavy (non-hydrogen) atoms. The molecule has 0 aromatic rings. The summed E-state index contributed by atoms with van der Waals surface area (Å²) in [6, 6.07) is 0. The van der Waals surface area contributed by atoms with Gasteiger partial charge < -0.3 is 5.11 Å². The molecular formula is C13H28O. The van der Waals surface area contributed by atoms with Crippen molar-refractivity contribution in [2.24, 2.45) is 5.41 Å². The first-order valence-corrected chi connectivity index (χ1v) is 6.09. The van der Waals surface area contributed by atoms with Gasteiger partial charge >= 0.3 is 0 Å². The monoisotopic (exact) mass is 200 g/mol. The molecule has 0 fully saturated rings. The maximum absolute atomic E-state index is 10.6. The van der Waals surface area contributed by atoms with Crippen LogP contribution in [0.25, 0.3) is 0 Å². The highest BCUT2D eigenvalue weighted by molar-refractivity contribution is 4.90. The first kappa shape index (κ1) is 14.0. The minimum Gasteiger partial charge on any atom is -0.389 e. The van der Waals surface area contributed by atoms with Crippen LogP contribution in [0.5, 0.6) is 0 Å². The molecule has 0 atom stereocenters. The molecule has 1 heteroatoms. The summed E-state index contributed by atoms with van der Waals surface area (Å²) in [6.07, 6.45) is 6.52. The molecule has 0 aromatic heterocycles. The maximum Gasteiger partial charge on any atom is 0.0695 e. The third-order valence-corrected chi connectivity index (χ3v) is 3.28. The Morgan fingerprint density at radius 1 is 0.857 bits per heavy atom. The van der Waals surface area contributed by atoms with E-state index in [4.69, 9.17) is 0 Å². The van der Waals surface area contributed by atoms with Crippen LogP contribution in [0.1, 0.15) is 73.1 Å². The highest BCUT2D eigenvalue weighted by atomic mass is 16.3. The minimum atomic E-state index is -0.459. The van der Waals surface area contributed by atoms with Crippen LogP contribution < -0.4 is 0 Å². The Labute approximate surface area is 89.9 Å². The van der Waals surface area contributed by atoms with Crippen molar-refractivity contribution in [2.45, 2.75) is 78.7 Å². The lowest BCUT2D eigenvalue weighted by atomic mass is 9.71. The standard InChI is InChI=1S/C13H28O/c1-6-8-10-13(14,11-9-7-2)12(3,4)5/h14H,6-11H2,1-5H3. The lowest BCUT2D eigenvalue weighted by Crippen LogP contribution is -2.42. The molecule has 0 heterocycles. The van der Waals surface area contributed by atoms with Gasteiger partial charge in [-0.15, -0.1) is 0 Å². The van der Waals surface area contributed by atoms with Gasteiger partial charge in [0.1, 0.15) is 0 Å². The summed E-state index contributed by atoms with van der Waals surface area (Å²) in [5, 5.41) is 10.6. The van der Waals surface area contributed by atoms with Crippen molar-refractivity contribution in [1.82, 2.24) is 0 Å². The van der Waals surface area contributed by atoms with Crippen molar-refractivity contribution >= 4 is 0 Å². The molecule has 0 aromatic carbocycles. The highest BCUT2D eigenvalue weighted by Crippen LogP contribution is 2.38. The summed E-state index contributed by atoms with van der Waals surface area (Å²) >= 11 is 0. The van der Waals surface area contributed by atoms with E-state index >= 15 is 0 Å². The first-order chi connectivity index (χ1) is 6.37. The van der Waals surface area contributed by atoms with Gasteiger partial charge in [0.15, 0.2) is 0 Å². The zero-order valence-corrected chi connectivity index (χ0v) is 10.7. The molecule has 1 N–H and O–H groups in total. The van der Waals surface area contributed by atoms with E-state index in [-0.39, 0.29) is 5.41 Å². The second-order valence-corrected chi connectivity index (χ2v) is 5.49. The first-order valence-electron chi connectivity index (χ1n) is 6.09. The number of unbranched alkanes of at least 4 members (excludes halogenated alkanes) is 2. The van der Waals surface area contributed by atoms with Gasteiger partial charge in [0, 0.05) is 0 Å². The van der Waals surface area contributed by atoms with Crippen molar-refractivity contribution < 1.29 is 5.11 Å². The molecule has 0 unspecified atom stereocenters. The van der Waals surface area contributed by atoms with Crippen LogP contribution in [-0.4, -0.2) is 10.7 Å². The molecule has 0 amide bonds. The Kier molecular flexibility index (Phi) is 5.73. The number of hydrogen-bond acceptors (Lipinski definition) is 1. The van der Waals surface area contributed by atoms with Crippen LogP contribution in [0.4, 0.5) is 0 Å². The minimum absolute atomic E-state index is 0.0112. The second-order valence-electron chi connectivity index (χ2n) is 5.49. The van der Waals surface area contributed by atoms with Gasteiger partial charge in [-0.05, 0) is 18.3 Å². The topological polar surface area (TPSA) is 20.2 Å². The molecule has 86 valence electrons. The number of rotatable bonds is 6. The van der Waals surface area contributed by atoms with Gasteiger partial charge in [-0.2, -0.15) is 0 Å². The fourth-order valence-corrected chi connectivity index (χ4v) is 1.81. The summed E-state index contributed by atoms with van der Waals surface area (Å²) < 4.78 is 0. The predicted octanol–water partition coefficient (Wildman–Crippen LogP) is 4.14. The van der Waals surface area contributed by atoms with Gasteiger partial charge in [0.05, 0.1) is 5.60 Å². The summed E-state index contributed by atoms with van der Waals surface area (Å²) in [6.45, 7) is 10.8. The summed E-state index contributed by atoms with van der Waals surface area (Å²) in [4.78, 5) is 0. The molecule has 0 radical (unpaired) electrons. The number of aliphatic hydroxyl groups is 1. The van der Waals surface area contributed by atoms with E-state index in [2.05, 4.69) is 34.6 Å². The van der Waals surface area contributed by atoms with E-state index in [0.717, 1.165) is 25.7 Å². The van der Waals surface area contributed by atoms with Crippen LogP contribution in [0.2, 0.25) is 0 Å². The lowest BCUT2D eigenvalue weighted by molar-refractivity contribution is -0.0738. The molecule has 0 saturated carbocycles. The third kappa shape index (κ3) is 4.00. The summed E-state index contributed by atoms with van der Waals surface area (Å²) in [7, 11) is 0. The summed E-state index contributed by atoms with van der Waals surface area (Å²) in [5.74, 6) is 0. The molecule has 0 rings (SSSR count). The smallest absolute Gasteiger partial charge is 0.0695 e. The maximum atomic E-state index is 10.6. The van der Waals surface area contributed by atoms with Crippen LogP contribution in [-0.2, 0) is 0 Å². The Morgan fingerprint density at radius 3 is 1.43 bits per heavy atom. The van der Waals surface area contributed by atoms with Gasteiger partial charge in [-0.3, -0.25) is 0 Å². The molecule has 1 nitrogen and oxygen atoms in total. The fourth-order valence-electron chi connectivity index (χ4n) is 1.81. The van der Waals surface area contributed by atoms with E-state index in [1.807, 2.05) is 0 Å². The second kappa shape index (κ2) is 5.75. The van der Waals surface area contributed by atoms with Crippen molar-refractivity contribution in [3.05, 3.63) is 0 Å². The van der Waals surface area contributed by atoms with E-state index in [9.17, 15) is 5.11 Å². The molecule has 0 bridgehead atoms. The van der Waals surface area contributed by atoms with Crippen molar-refractivity contribution in [1.29, 1.82) is 0 Å². The highest BCUT2D eigenvalue weighted by Gasteiger charge is 2.38. The van der Waals surface area contributed by atoms with Crippen molar-refractivity contribution in [3.8, 4) is 0 Å². The largest absolute Gasteiger partial charge is 0.389 e. The quantitative estimate of drug-likeness (QED) is 0.683. The van der Waals surface area contributed by atoms with Crippen LogP contribution in [0.15, 0.2) is 0 Å². The molecule has 0 aliphatic carbocycles. The van der Waals surface area contributed by atoms with Gasteiger partial charge in [0.25, 0.3) is 0 Å². The number of hydrogen-bond donors (Lipinski definition) is 1. The molecule has 0 spiro atoms. The zero-order chi connectivity index (χ0) is 11.2. The van der Waals surface area contributed by atoms with Gasteiger partial charge in [-0.1, -0.05) is 60.3 Å². The predicted molar refractivity (Wildman–Crippen MR) is 63.5 cm³/mol. The summed E-state index contributed by atoms with van der Waals surface area (Å²) in [5.41, 5.74) is -0.448. The van der Waals surface area contributed by atoms with E-state index < -0.39 is 5.60 Å². The lowest BCUT2D eigenvalue weighted by Gasteiger charge is -2.41. The Hall–Kier alpha value is -0.0400. The average molecular weight is 200 g/mol. The van der Waals surface area contributed by atoms with Gasteiger partial charge in [0.2, 0.25) is 0 Å². The SMILES string of the molecule is CCCCC(O)(CCCC)C(C)(C)C. The van der Waals surface area contributed by atoms with E-state index in [1.165, 1.54) is 12.8 Å². The third-order valence-electron chi connectivity index (χ3n) is 3.28. The molecule has 0 aliphatic rings. The van der Waals surface area contributed by atoms with Crippen LogP contribution in [0.3, 0.4) is 0 Å².